The fourth-order valence-corrected chi connectivity index (χ4v) is 3.16. The first kappa shape index (κ1) is 23.9. The van der Waals surface area contributed by atoms with E-state index in [1.165, 1.54) is 13.2 Å². The number of methoxy groups -OCH3 is 1. The van der Waals surface area contributed by atoms with Crippen LogP contribution in [0.2, 0.25) is 0 Å². The minimum absolute atomic E-state index is 0. The number of rotatable bonds is 7. The van der Waals surface area contributed by atoms with E-state index in [9.17, 15) is 9.18 Å². The number of hydrogen-bond donors (Lipinski definition) is 3. The summed E-state index contributed by atoms with van der Waals surface area (Å²) in [6.07, 6.45) is 1.58. The van der Waals surface area contributed by atoms with Crippen LogP contribution in [0.5, 0.6) is 0 Å². The van der Waals surface area contributed by atoms with Gasteiger partial charge in [0, 0.05) is 24.2 Å². The molecular weight excluding hydrogens is 498 g/mol. The molecule has 6 nitrogen and oxygen atoms in total. The van der Waals surface area contributed by atoms with E-state index >= 15 is 0 Å². The fraction of sp³-hybridized carbons (Fsp3) is 0.364. The van der Waals surface area contributed by atoms with Gasteiger partial charge in [0.15, 0.2) is 5.96 Å². The van der Waals surface area contributed by atoms with Crippen molar-refractivity contribution in [1.82, 2.24) is 10.6 Å². The second kappa shape index (κ2) is 11.1. The average molecular weight is 526 g/mol. The molecule has 0 aliphatic heterocycles. The van der Waals surface area contributed by atoms with Crippen molar-refractivity contribution >= 4 is 41.7 Å². The van der Waals surface area contributed by atoms with E-state index in [0.717, 1.165) is 36.5 Å². The zero-order chi connectivity index (χ0) is 20.7. The van der Waals surface area contributed by atoms with E-state index in [1.54, 1.807) is 12.1 Å². The number of carbonyl (C=O) groups excluding carboxylic acids is 1. The second-order valence-electron chi connectivity index (χ2n) is 7.15. The third kappa shape index (κ3) is 6.58. The van der Waals surface area contributed by atoms with Crippen molar-refractivity contribution in [3.8, 4) is 0 Å². The Hall–Kier alpha value is -2.36. The first-order valence-corrected chi connectivity index (χ1v) is 9.77. The van der Waals surface area contributed by atoms with Crippen molar-refractivity contribution in [3.63, 3.8) is 0 Å². The molecule has 8 heteroatoms. The molecule has 1 fully saturated rings. The monoisotopic (exact) mass is 526 g/mol. The molecule has 1 amide bonds. The molecule has 0 radical (unpaired) electrons. The summed E-state index contributed by atoms with van der Waals surface area (Å²) < 4.78 is 18.2. The minimum Gasteiger partial charge on any atom is -0.453 e. The van der Waals surface area contributed by atoms with Crippen LogP contribution < -0.4 is 16.0 Å². The minimum atomic E-state index is -0.498. The second-order valence-corrected chi connectivity index (χ2v) is 7.15. The van der Waals surface area contributed by atoms with Crippen LogP contribution in [0.15, 0.2) is 53.5 Å². The number of hydrogen-bond acceptors (Lipinski definition) is 3. The molecule has 0 aromatic heterocycles. The average Bonchev–Trinajstić information content (AvgIpc) is 3.52. The molecule has 0 spiro atoms. The summed E-state index contributed by atoms with van der Waals surface area (Å²) in [7, 11) is 1.33. The number of ether oxygens (including phenoxy) is 1. The van der Waals surface area contributed by atoms with E-state index in [-0.39, 0.29) is 35.2 Å². The van der Waals surface area contributed by atoms with Gasteiger partial charge in [0.05, 0.1) is 13.7 Å². The smallest absolute Gasteiger partial charge is 0.411 e. The summed E-state index contributed by atoms with van der Waals surface area (Å²) in [5.74, 6) is 0.534. The first-order chi connectivity index (χ1) is 14.0. The lowest BCUT2D eigenvalue weighted by atomic mass is 9.96. The molecule has 30 heavy (non-hydrogen) atoms. The van der Waals surface area contributed by atoms with Gasteiger partial charge in [-0.05, 0) is 55.2 Å². The SMILES string of the molecule is CCNC(=NCc1ccc(NC(=O)OC)cc1)NCC1(c2cccc(F)c2)CC1.I. The molecule has 1 aliphatic rings. The van der Waals surface area contributed by atoms with Gasteiger partial charge >= 0.3 is 6.09 Å². The predicted molar refractivity (Wildman–Crippen MR) is 128 cm³/mol. The van der Waals surface area contributed by atoms with Gasteiger partial charge in [0.2, 0.25) is 0 Å². The van der Waals surface area contributed by atoms with Gasteiger partial charge in [0.1, 0.15) is 5.82 Å². The van der Waals surface area contributed by atoms with Crippen molar-refractivity contribution in [2.24, 2.45) is 4.99 Å². The van der Waals surface area contributed by atoms with Crippen molar-refractivity contribution in [1.29, 1.82) is 0 Å². The van der Waals surface area contributed by atoms with Crippen molar-refractivity contribution in [3.05, 3.63) is 65.5 Å². The number of nitrogens with one attached hydrogen (secondary N) is 3. The Bertz CT molecular complexity index is 870. The van der Waals surface area contributed by atoms with Crippen LogP contribution in [0.3, 0.4) is 0 Å². The molecule has 3 rings (SSSR count). The number of halogens is 2. The molecule has 0 bridgehead atoms. The van der Waals surface area contributed by atoms with E-state index < -0.39 is 6.09 Å². The number of guanidine groups is 1. The quantitative estimate of drug-likeness (QED) is 0.284. The van der Waals surface area contributed by atoms with Gasteiger partial charge in [0.25, 0.3) is 0 Å². The lowest BCUT2D eigenvalue weighted by Crippen LogP contribution is -2.41. The highest BCUT2D eigenvalue weighted by atomic mass is 127. The molecule has 1 saturated carbocycles. The normalized spacial score (nSPS) is 14.3. The number of benzene rings is 2. The summed E-state index contributed by atoms with van der Waals surface area (Å²) in [6, 6.07) is 14.3. The summed E-state index contributed by atoms with van der Waals surface area (Å²) >= 11 is 0. The standard InChI is InChI=1S/C22H27FN4O2.HI/c1-3-24-20(25-14-16-7-9-19(10-8-16)27-21(28)29-2)26-15-22(11-12-22)17-5-4-6-18(23)13-17;/h4-10,13H,3,11-12,14-15H2,1-2H3,(H,27,28)(H2,24,25,26);1H. The van der Waals surface area contributed by atoms with Gasteiger partial charge in [-0.25, -0.2) is 14.2 Å². The lowest BCUT2D eigenvalue weighted by Gasteiger charge is -2.19. The van der Waals surface area contributed by atoms with Crippen molar-refractivity contribution in [2.75, 3.05) is 25.5 Å². The molecular formula is C22H28FIN4O2. The zero-order valence-electron chi connectivity index (χ0n) is 17.2. The maximum Gasteiger partial charge on any atom is 0.411 e. The Labute approximate surface area is 193 Å². The van der Waals surface area contributed by atoms with Crippen molar-refractivity contribution < 1.29 is 13.9 Å². The maximum atomic E-state index is 13.6. The number of aliphatic imine (C=N–C) groups is 1. The summed E-state index contributed by atoms with van der Waals surface area (Å²) in [6.45, 7) is 3.98. The zero-order valence-corrected chi connectivity index (χ0v) is 19.5. The van der Waals surface area contributed by atoms with Crippen LogP contribution in [0, 0.1) is 5.82 Å². The van der Waals surface area contributed by atoms with E-state index in [2.05, 4.69) is 25.7 Å². The Kier molecular flexibility index (Phi) is 8.88. The highest BCUT2D eigenvalue weighted by Crippen LogP contribution is 2.47. The van der Waals surface area contributed by atoms with E-state index in [0.29, 0.717) is 18.8 Å². The van der Waals surface area contributed by atoms with Crippen LogP contribution in [-0.4, -0.2) is 32.3 Å². The highest BCUT2D eigenvalue weighted by molar-refractivity contribution is 14.0. The molecule has 0 saturated heterocycles. The fourth-order valence-electron chi connectivity index (χ4n) is 3.16. The number of carbonyl (C=O) groups is 1. The van der Waals surface area contributed by atoms with Crippen LogP contribution in [0.25, 0.3) is 0 Å². The molecule has 0 atom stereocenters. The molecule has 2 aromatic rings. The molecule has 0 heterocycles. The Morgan fingerprint density at radius 3 is 2.50 bits per heavy atom. The van der Waals surface area contributed by atoms with Gasteiger partial charge < -0.3 is 15.4 Å². The molecule has 1 aliphatic carbocycles. The first-order valence-electron chi connectivity index (χ1n) is 9.77. The van der Waals surface area contributed by atoms with Crippen LogP contribution in [0.1, 0.15) is 30.9 Å². The maximum absolute atomic E-state index is 13.6. The summed E-state index contributed by atoms with van der Waals surface area (Å²) in [5.41, 5.74) is 2.71. The third-order valence-corrected chi connectivity index (χ3v) is 5.03. The van der Waals surface area contributed by atoms with Gasteiger partial charge in [-0.1, -0.05) is 24.3 Å². The van der Waals surface area contributed by atoms with Gasteiger partial charge in [-0.2, -0.15) is 0 Å². The number of nitrogens with zero attached hydrogens (tertiary/aromatic N) is 1. The topological polar surface area (TPSA) is 74.8 Å². The Morgan fingerprint density at radius 2 is 1.90 bits per heavy atom. The van der Waals surface area contributed by atoms with E-state index in [4.69, 9.17) is 0 Å². The third-order valence-electron chi connectivity index (χ3n) is 5.03. The van der Waals surface area contributed by atoms with E-state index in [1.807, 2.05) is 37.3 Å². The number of anilines is 1. The number of amides is 1. The Morgan fingerprint density at radius 1 is 1.17 bits per heavy atom. The van der Waals surface area contributed by atoms with Gasteiger partial charge in [-0.3, -0.25) is 5.32 Å². The Balaban J connectivity index is 0.00000320. The van der Waals surface area contributed by atoms with Gasteiger partial charge in [-0.15, -0.1) is 24.0 Å². The van der Waals surface area contributed by atoms with Crippen LogP contribution >= 0.6 is 24.0 Å². The predicted octanol–water partition coefficient (Wildman–Crippen LogP) is 4.41. The summed E-state index contributed by atoms with van der Waals surface area (Å²) in [4.78, 5) is 15.9. The summed E-state index contributed by atoms with van der Waals surface area (Å²) in [5, 5.41) is 9.27. The molecule has 162 valence electrons. The van der Waals surface area contributed by atoms with Crippen LogP contribution in [-0.2, 0) is 16.7 Å². The molecule has 3 N–H and O–H groups in total. The lowest BCUT2D eigenvalue weighted by molar-refractivity contribution is 0.187. The van der Waals surface area contributed by atoms with Crippen molar-refractivity contribution in [2.45, 2.75) is 31.7 Å². The molecule has 2 aromatic carbocycles. The largest absolute Gasteiger partial charge is 0.453 e. The van der Waals surface area contributed by atoms with Crippen LogP contribution in [0.4, 0.5) is 14.9 Å². The highest BCUT2D eigenvalue weighted by Gasteiger charge is 2.44. The molecule has 0 unspecified atom stereocenters.